The van der Waals surface area contributed by atoms with Gasteiger partial charge in [0.2, 0.25) is 5.91 Å². The summed E-state index contributed by atoms with van der Waals surface area (Å²) in [6, 6.07) is 8.03. The first-order valence-electron chi connectivity index (χ1n) is 7.72. The minimum Gasteiger partial charge on any atom is -0.356 e. The normalized spacial score (nSPS) is 16.6. The van der Waals surface area contributed by atoms with Crippen LogP contribution in [0.5, 0.6) is 0 Å². The molecule has 2 heterocycles. The van der Waals surface area contributed by atoms with Gasteiger partial charge in [0, 0.05) is 19.4 Å². The molecule has 7 heteroatoms. The molecule has 1 atom stereocenters. The zero-order valence-corrected chi connectivity index (χ0v) is 14.6. The van der Waals surface area contributed by atoms with Crippen LogP contribution in [0.25, 0.3) is 11.0 Å². The van der Waals surface area contributed by atoms with E-state index in [0.717, 1.165) is 55.8 Å². The maximum absolute atomic E-state index is 11.8. The highest BCUT2D eigenvalue weighted by Gasteiger charge is 2.17. The van der Waals surface area contributed by atoms with E-state index in [2.05, 4.69) is 20.6 Å². The van der Waals surface area contributed by atoms with Gasteiger partial charge in [0.25, 0.3) is 0 Å². The number of carbonyl (C=O) groups excluding carboxylic acids is 1. The smallest absolute Gasteiger partial charge is 0.220 e. The van der Waals surface area contributed by atoms with E-state index < -0.39 is 0 Å². The summed E-state index contributed by atoms with van der Waals surface area (Å²) in [5.41, 5.74) is 2.08. The van der Waals surface area contributed by atoms with Gasteiger partial charge in [-0.25, -0.2) is 4.98 Å². The number of nitrogens with one attached hydrogen (secondary N) is 3. The number of aromatic nitrogens is 2. The van der Waals surface area contributed by atoms with E-state index in [-0.39, 0.29) is 30.7 Å². The number of amides is 1. The molecule has 23 heavy (non-hydrogen) atoms. The van der Waals surface area contributed by atoms with Crippen molar-refractivity contribution < 1.29 is 4.79 Å². The summed E-state index contributed by atoms with van der Waals surface area (Å²) in [7, 11) is 0. The first kappa shape index (κ1) is 19.7. The fraction of sp³-hybridized carbons (Fsp3) is 0.500. The lowest BCUT2D eigenvalue weighted by Gasteiger charge is -2.08. The third-order valence-electron chi connectivity index (χ3n) is 3.99. The Morgan fingerprint density at radius 3 is 2.87 bits per heavy atom. The molecule has 1 unspecified atom stereocenters. The Bertz CT molecular complexity index is 578. The van der Waals surface area contributed by atoms with Crippen molar-refractivity contribution in [3.63, 3.8) is 0 Å². The van der Waals surface area contributed by atoms with Crippen LogP contribution in [0, 0.1) is 5.92 Å². The molecule has 1 aromatic heterocycles. The molecular weight excluding hydrogens is 335 g/mol. The van der Waals surface area contributed by atoms with Gasteiger partial charge in [-0.3, -0.25) is 4.79 Å². The van der Waals surface area contributed by atoms with Crippen LogP contribution in [0.1, 0.15) is 25.1 Å². The van der Waals surface area contributed by atoms with E-state index in [1.54, 1.807) is 0 Å². The molecule has 128 valence electrons. The average Bonchev–Trinajstić information content (AvgIpc) is 3.12. The van der Waals surface area contributed by atoms with Crippen molar-refractivity contribution >= 4 is 41.8 Å². The number of rotatable bonds is 6. The first-order chi connectivity index (χ1) is 10.3. The predicted molar refractivity (Wildman–Crippen MR) is 97.5 cm³/mol. The molecule has 1 amide bonds. The number of halogens is 2. The van der Waals surface area contributed by atoms with Crippen molar-refractivity contribution in [1.82, 2.24) is 20.6 Å². The van der Waals surface area contributed by atoms with E-state index in [1.165, 1.54) is 0 Å². The van der Waals surface area contributed by atoms with E-state index in [0.29, 0.717) is 12.3 Å². The summed E-state index contributed by atoms with van der Waals surface area (Å²) in [6.45, 7) is 2.74. The number of hydrogen-bond donors (Lipinski definition) is 3. The molecule has 3 rings (SSSR count). The predicted octanol–water partition coefficient (Wildman–Crippen LogP) is 2.45. The van der Waals surface area contributed by atoms with Crippen LogP contribution in [0.4, 0.5) is 0 Å². The van der Waals surface area contributed by atoms with Gasteiger partial charge in [-0.2, -0.15) is 0 Å². The summed E-state index contributed by atoms with van der Waals surface area (Å²) in [5, 5.41) is 6.29. The van der Waals surface area contributed by atoms with Crippen molar-refractivity contribution in [2.24, 2.45) is 5.92 Å². The van der Waals surface area contributed by atoms with Crippen LogP contribution in [-0.2, 0) is 11.2 Å². The number of nitrogens with zero attached hydrogens (tertiary/aromatic N) is 1. The molecule has 0 spiro atoms. The Kier molecular flexibility index (Phi) is 8.37. The maximum Gasteiger partial charge on any atom is 0.220 e. The number of hydrogen-bond acceptors (Lipinski definition) is 3. The van der Waals surface area contributed by atoms with Crippen molar-refractivity contribution in [3.8, 4) is 0 Å². The molecular formula is C16H24Cl2N4O. The Balaban J connectivity index is 0.00000132. The van der Waals surface area contributed by atoms with Gasteiger partial charge in [0.05, 0.1) is 11.0 Å². The standard InChI is InChI=1S/C16H22N4O.2ClH/c21-16(10-12-7-9-17-11-12)18-8-3-6-15-19-13-4-1-2-5-14(13)20-15;;/h1-2,4-5,12,17H,3,6-11H2,(H,18,21)(H,19,20);2*1H. The molecule has 1 aliphatic rings. The number of aromatic amines is 1. The van der Waals surface area contributed by atoms with E-state index in [4.69, 9.17) is 0 Å². The summed E-state index contributed by atoms with van der Waals surface area (Å²) < 4.78 is 0. The second-order valence-electron chi connectivity index (χ2n) is 5.72. The van der Waals surface area contributed by atoms with E-state index in [1.807, 2.05) is 24.3 Å². The van der Waals surface area contributed by atoms with Crippen LogP contribution < -0.4 is 10.6 Å². The molecule has 1 aliphatic heterocycles. The number of aryl methyl sites for hydroxylation is 1. The fourth-order valence-corrected chi connectivity index (χ4v) is 2.83. The molecule has 3 N–H and O–H groups in total. The van der Waals surface area contributed by atoms with Gasteiger partial charge in [-0.1, -0.05) is 12.1 Å². The van der Waals surface area contributed by atoms with Crippen LogP contribution in [0.2, 0.25) is 0 Å². The molecule has 1 saturated heterocycles. The maximum atomic E-state index is 11.8. The van der Waals surface area contributed by atoms with E-state index in [9.17, 15) is 4.79 Å². The molecule has 1 fully saturated rings. The van der Waals surface area contributed by atoms with Crippen molar-refractivity contribution in [2.45, 2.75) is 25.7 Å². The SMILES string of the molecule is Cl.Cl.O=C(CC1CCNC1)NCCCc1nc2ccccc2[nH]1. The summed E-state index contributed by atoms with van der Waals surface area (Å²) in [6.07, 6.45) is 3.54. The topological polar surface area (TPSA) is 69.8 Å². The lowest BCUT2D eigenvalue weighted by molar-refractivity contribution is -0.121. The highest BCUT2D eigenvalue weighted by atomic mass is 35.5. The summed E-state index contributed by atoms with van der Waals surface area (Å²) in [5.74, 6) is 1.68. The lowest BCUT2D eigenvalue weighted by atomic mass is 10.0. The van der Waals surface area contributed by atoms with Crippen LogP contribution in [0.15, 0.2) is 24.3 Å². The summed E-state index contributed by atoms with van der Waals surface area (Å²) in [4.78, 5) is 19.6. The monoisotopic (exact) mass is 358 g/mol. The van der Waals surface area contributed by atoms with Crippen molar-refractivity contribution in [3.05, 3.63) is 30.1 Å². The Morgan fingerprint density at radius 1 is 1.30 bits per heavy atom. The minimum absolute atomic E-state index is 0. The fourth-order valence-electron chi connectivity index (χ4n) is 2.83. The molecule has 5 nitrogen and oxygen atoms in total. The van der Waals surface area contributed by atoms with Gasteiger partial charge in [-0.05, 0) is 44.0 Å². The summed E-state index contributed by atoms with van der Waals surface area (Å²) >= 11 is 0. The largest absolute Gasteiger partial charge is 0.356 e. The lowest BCUT2D eigenvalue weighted by Crippen LogP contribution is -2.27. The minimum atomic E-state index is 0. The third kappa shape index (κ3) is 5.68. The highest BCUT2D eigenvalue weighted by Crippen LogP contribution is 2.12. The zero-order valence-electron chi connectivity index (χ0n) is 13.0. The Morgan fingerprint density at radius 2 is 2.13 bits per heavy atom. The van der Waals surface area contributed by atoms with Crippen molar-refractivity contribution in [1.29, 1.82) is 0 Å². The Hall–Kier alpha value is -1.30. The van der Waals surface area contributed by atoms with Gasteiger partial charge in [0.15, 0.2) is 0 Å². The van der Waals surface area contributed by atoms with E-state index >= 15 is 0 Å². The first-order valence-corrected chi connectivity index (χ1v) is 7.72. The molecule has 0 radical (unpaired) electrons. The number of H-pyrrole nitrogens is 1. The molecule has 0 bridgehead atoms. The number of fused-ring (bicyclic) bond motifs is 1. The Labute approximate surface area is 148 Å². The van der Waals surface area contributed by atoms with Gasteiger partial charge < -0.3 is 15.6 Å². The number of carbonyl (C=O) groups is 1. The van der Waals surface area contributed by atoms with Crippen LogP contribution >= 0.6 is 24.8 Å². The average molecular weight is 359 g/mol. The highest BCUT2D eigenvalue weighted by molar-refractivity contribution is 5.85. The van der Waals surface area contributed by atoms with Gasteiger partial charge >= 0.3 is 0 Å². The molecule has 0 aliphatic carbocycles. The number of benzene rings is 1. The zero-order chi connectivity index (χ0) is 14.5. The van der Waals surface area contributed by atoms with Gasteiger partial charge in [0.1, 0.15) is 5.82 Å². The van der Waals surface area contributed by atoms with Crippen LogP contribution in [-0.4, -0.2) is 35.5 Å². The molecule has 1 aromatic carbocycles. The van der Waals surface area contributed by atoms with Crippen LogP contribution in [0.3, 0.4) is 0 Å². The number of para-hydroxylation sites is 2. The second-order valence-corrected chi connectivity index (χ2v) is 5.72. The third-order valence-corrected chi connectivity index (χ3v) is 3.99. The quantitative estimate of drug-likeness (QED) is 0.694. The molecule has 2 aromatic rings. The van der Waals surface area contributed by atoms with Crippen molar-refractivity contribution in [2.75, 3.05) is 19.6 Å². The number of imidazole rings is 1. The second kappa shape index (κ2) is 9.75. The molecule has 0 saturated carbocycles. The van der Waals surface area contributed by atoms with Gasteiger partial charge in [-0.15, -0.1) is 24.8 Å².